The number of aromatic nitrogens is 1. The largest absolute Gasteiger partial charge is 0.487 e. The van der Waals surface area contributed by atoms with Gasteiger partial charge in [0.25, 0.3) is 0 Å². The molecule has 1 aromatic heterocycles. The summed E-state index contributed by atoms with van der Waals surface area (Å²) in [6.45, 7) is 4.42. The third kappa shape index (κ3) is 7.34. The number of nitrogens with zero attached hydrogens (tertiary/aromatic N) is 1. The Hall–Kier alpha value is -2.89. The highest BCUT2D eigenvalue weighted by atomic mass is 16.5. The van der Waals surface area contributed by atoms with Crippen LogP contribution in [-0.4, -0.2) is 23.3 Å². The molecule has 0 saturated carbocycles. The van der Waals surface area contributed by atoms with Gasteiger partial charge in [-0.2, -0.15) is 0 Å². The fourth-order valence-corrected chi connectivity index (χ4v) is 2.20. The first-order valence-corrected chi connectivity index (χ1v) is 8.72. The van der Waals surface area contributed by atoms with Gasteiger partial charge < -0.3 is 15.4 Å². The molecule has 0 aliphatic heterocycles. The van der Waals surface area contributed by atoms with Crippen LogP contribution in [0.25, 0.3) is 0 Å². The number of hydrogen-bond donors (Lipinski definition) is 2. The Kier molecular flexibility index (Phi) is 7.61. The second kappa shape index (κ2) is 10.2. The van der Waals surface area contributed by atoms with E-state index in [-0.39, 0.29) is 18.4 Å². The number of nitrogens with one attached hydrogen (secondary N) is 2. The number of ether oxygens (including phenoxy) is 1. The quantitative estimate of drug-likeness (QED) is 0.724. The first-order valence-electron chi connectivity index (χ1n) is 8.72. The number of amides is 2. The molecule has 6 nitrogen and oxygen atoms in total. The lowest BCUT2D eigenvalue weighted by atomic mass is 10.1. The first-order chi connectivity index (χ1) is 12.5. The van der Waals surface area contributed by atoms with Crippen molar-refractivity contribution in [3.8, 4) is 5.75 Å². The van der Waals surface area contributed by atoms with Crippen molar-refractivity contribution < 1.29 is 14.3 Å². The van der Waals surface area contributed by atoms with Gasteiger partial charge in [0, 0.05) is 24.4 Å². The third-order valence-corrected chi connectivity index (χ3v) is 3.63. The van der Waals surface area contributed by atoms with Gasteiger partial charge in [-0.3, -0.25) is 14.6 Å². The minimum Gasteiger partial charge on any atom is -0.487 e. The molecule has 0 spiro atoms. The molecule has 2 N–H and O–H groups in total. The van der Waals surface area contributed by atoms with Crippen molar-refractivity contribution >= 4 is 17.5 Å². The van der Waals surface area contributed by atoms with Crippen LogP contribution in [0.2, 0.25) is 0 Å². The molecule has 2 amide bonds. The van der Waals surface area contributed by atoms with E-state index in [0.717, 1.165) is 12.1 Å². The van der Waals surface area contributed by atoms with E-state index in [1.165, 1.54) is 0 Å². The number of benzene rings is 1. The number of pyridine rings is 1. The summed E-state index contributed by atoms with van der Waals surface area (Å²) in [5.41, 5.74) is 1.44. The molecule has 1 aromatic carbocycles. The summed E-state index contributed by atoms with van der Waals surface area (Å²) in [5, 5.41) is 5.38. The van der Waals surface area contributed by atoms with Crippen molar-refractivity contribution in [2.24, 2.45) is 5.92 Å². The lowest BCUT2D eigenvalue weighted by Gasteiger charge is -2.10. The molecule has 0 bridgehead atoms. The molecule has 2 rings (SSSR count). The zero-order valence-electron chi connectivity index (χ0n) is 15.2. The smallest absolute Gasteiger partial charge is 0.243 e. The van der Waals surface area contributed by atoms with E-state index in [2.05, 4.69) is 29.5 Å². The molecule has 0 radical (unpaired) electrons. The van der Waals surface area contributed by atoms with Gasteiger partial charge in [0.15, 0.2) is 0 Å². The lowest BCUT2D eigenvalue weighted by molar-refractivity contribution is -0.124. The molecule has 0 fully saturated rings. The Morgan fingerprint density at radius 1 is 1.12 bits per heavy atom. The van der Waals surface area contributed by atoms with Crippen molar-refractivity contribution in [3.63, 3.8) is 0 Å². The van der Waals surface area contributed by atoms with Crippen LogP contribution in [0.15, 0.2) is 48.7 Å². The van der Waals surface area contributed by atoms with Crippen molar-refractivity contribution in [1.29, 1.82) is 0 Å². The van der Waals surface area contributed by atoms with Crippen LogP contribution >= 0.6 is 0 Å². The number of carbonyl (C=O) groups excluding carboxylic acids is 2. The van der Waals surface area contributed by atoms with Crippen LogP contribution in [0.4, 0.5) is 5.69 Å². The molecule has 0 atom stereocenters. The van der Waals surface area contributed by atoms with Gasteiger partial charge in [0.2, 0.25) is 11.8 Å². The van der Waals surface area contributed by atoms with E-state index >= 15 is 0 Å². The fourth-order valence-electron chi connectivity index (χ4n) is 2.20. The second-order valence-corrected chi connectivity index (χ2v) is 6.40. The predicted molar refractivity (Wildman–Crippen MR) is 101 cm³/mol. The van der Waals surface area contributed by atoms with Crippen LogP contribution < -0.4 is 15.4 Å². The van der Waals surface area contributed by atoms with Gasteiger partial charge in [-0.25, -0.2) is 0 Å². The molecule has 2 aromatic rings. The number of rotatable bonds is 9. The van der Waals surface area contributed by atoms with Crippen LogP contribution in [0.5, 0.6) is 5.75 Å². The van der Waals surface area contributed by atoms with Crippen LogP contribution in [-0.2, 0) is 16.2 Å². The predicted octanol–water partition coefficient (Wildman–Crippen LogP) is 3.15. The number of carbonyl (C=O) groups is 2. The summed E-state index contributed by atoms with van der Waals surface area (Å²) in [6.07, 6.45) is 2.95. The summed E-state index contributed by atoms with van der Waals surface area (Å²) in [6, 6.07) is 12.7. The first kappa shape index (κ1) is 19.4. The second-order valence-electron chi connectivity index (χ2n) is 6.40. The Bertz CT molecular complexity index is 717. The van der Waals surface area contributed by atoms with Crippen molar-refractivity contribution in [3.05, 3.63) is 54.4 Å². The number of anilines is 1. The maximum atomic E-state index is 12.0. The maximum Gasteiger partial charge on any atom is 0.243 e. The standard InChI is InChI=1S/C20H25N3O3/c1-15(2)9-10-19(24)22-13-20(25)23-16-7-5-8-18(12-16)26-14-17-6-3-4-11-21-17/h3-8,11-12,15H,9-10,13-14H2,1-2H3,(H,22,24)(H,23,25). The minimum atomic E-state index is -0.273. The highest BCUT2D eigenvalue weighted by Crippen LogP contribution is 2.18. The van der Waals surface area contributed by atoms with E-state index in [9.17, 15) is 9.59 Å². The third-order valence-electron chi connectivity index (χ3n) is 3.63. The van der Waals surface area contributed by atoms with E-state index in [0.29, 0.717) is 30.4 Å². The zero-order valence-corrected chi connectivity index (χ0v) is 15.2. The average Bonchev–Trinajstić information content (AvgIpc) is 2.64. The number of hydrogen-bond acceptors (Lipinski definition) is 4. The Morgan fingerprint density at radius 2 is 1.96 bits per heavy atom. The minimum absolute atomic E-state index is 0.0457. The monoisotopic (exact) mass is 355 g/mol. The van der Waals surface area contributed by atoms with Gasteiger partial charge in [-0.1, -0.05) is 26.0 Å². The average molecular weight is 355 g/mol. The van der Waals surface area contributed by atoms with Crippen LogP contribution in [0.3, 0.4) is 0 Å². The summed E-state index contributed by atoms with van der Waals surface area (Å²) in [5.74, 6) is 0.712. The molecular weight excluding hydrogens is 330 g/mol. The molecule has 0 unspecified atom stereocenters. The highest BCUT2D eigenvalue weighted by Gasteiger charge is 2.07. The van der Waals surface area contributed by atoms with Crippen LogP contribution in [0, 0.1) is 5.92 Å². The molecule has 0 saturated heterocycles. The topological polar surface area (TPSA) is 80.3 Å². The van der Waals surface area contributed by atoms with Gasteiger partial charge in [-0.05, 0) is 36.6 Å². The van der Waals surface area contributed by atoms with Crippen LogP contribution in [0.1, 0.15) is 32.4 Å². The molecule has 6 heteroatoms. The van der Waals surface area contributed by atoms with E-state index < -0.39 is 0 Å². The highest BCUT2D eigenvalue weighted by molar-refractivity contribution is 5.94. The maximum absolute atomic E-state index is 12.0. The lowest BCUT2D eigenvalue weighted by Crippen LogP contribution is -2.32. The van der Waals surface area contributed by atoms with E-state index in [1.807, 2.05) is 24.3 Å². The molecule has 1 heterocycles. The Balaban J connectivity index is 1.78. The Labute approximate surface area is 154 Å². The molecule has 0 aliphatic rings. The SMILES string of the molecule is CC(C)CCC(=O)NCC(=O)Nc1cccc(OCc2ccccn2)c1. The van der Waals surface area contributed by atoms with E-state index in [4.69, 9.17) is 4.74 Å². The molecule has 26 heavy (non-hydrogen) atoms. The van der Waals surface area contributed by atoms with Gasteiger partial charge in [-0.15, -0.1) is 0 Å². The van der Waals surface area contributed by atoms with Crippen molar-refractivity contribution in [2.75, 3.05) is 11.9 Å². The Morgan fingerprint density at radius 3 is 2.69 bits per heavy atom. The zero-order chi connectivity index (χ0) is 18.8. The summed E-state index contributed by atoms with van der Waals surface area (Å²) >= 11 is 0. The van der Waals surface area contributed by atoms with Crippen molar-refractivity contribution in [1.82, 2.24) is 10.3 Å². The van der Waals surface area contributed by atoms with Gasteiger partial charge in [0.1, 0.15) is 12.4 Å². The van der Waals surface area contributed by atoms with Gasteiger partial charge in [0.05, 0.1) is 12.2 Å². The van der Waals surface area contributed by atoms with E-state index in [1.54, 1.807) is 24.4 Å². The molecule has 138 valence electrons. The summed E-state index contributed by atoms with van der Waals surface area (Å²) in [4.78, 5) is 27.8. The summed E-state index contributed by atoms with van der Waals surface area (Å²) < 4.78 is 5.68. The van der Waals surface area contributed by atoms with Crippen molar-refractivity contribution in [2.45, 2.75) is 33.3 Å². The summed E-state index contributed by atoms with van der Waals surface area (Å²) in [7, 11) is 0. The normalized spacial score (nSPS) is 10.4. The molecule has 0 aliphatic carbocycles. The fraction of sp³-hybridized carbons (Fsp3) is 0.350. The molecular formula is C20H25N3O3. The van der Waals surface area contributed by atoms with Gasteiger partial charge >= 0.3 is 0 Å².